The monoisotopic (exact) mass is 240 g/mol. The van der Waals surface area contributed by atoms with Crippen LogP contribution >= 0.6 is 0 Å². The molecule has 17 heavy (non-hydrogen) atoms. The Morgan fingerprint density at radius 2 is 2.18 bits per heavy atom. The molecule has 0 aliphatic rings. The zero-order chi connectivity index (χ0) is 12.8. The highest BCUT2D eigenvalue weighted by Crippen LogP contribution is 2.14. The fourth-order valence-electron chi connectivity index (χ4n) is 1.83. The molecule has 0 aromatic heterocycles. The quantitative estimate of drug-likeness (QED) is 0.775. The van der Waals surface area contributed by atoms with Gasteiger partial charge in [0.25, 0.3) is 0 Å². The van der Waals surface area contributed by atoms with Crippen LogP contribution in [0, 0.1) is 5.82 Å². The van der Waals surface area contributed by atoms with Gasteiger partial charge in [0.05, 0.1) is 12.3 Å². The maximum Gasteiger partial charge on any atom is 0.146 e. The van der Waals surface area contributed by atoms with Crippen LogP contribution in [0.1, 0.15) is 19.4 Å². The summed E-state index contributed by atoms with van der Waals surface area (Å²) in [4.78, 5) is 2.23. The van der Waals surface area contributed by atoms with E-state index in [-0.39, 0.29) is 11.5 Å². The van der Waals surface area contributed by atoms with E-state index in [1.165, 1.54) is 6.07 Å². The molecule has 0 heterocycles. The molecule has 1 unspecified atom stereocenters. The summed E-state index contributed by atoms with van der Waals surface area (Å²) in [5.74, 6) is -0.349. The van der Waals surface area contributed by atoms with Gasteiger partial charge in [0.1, 0.15) is 5.82 Å². The van der Waals surface area contributed by atoms with Crippen LogP contribution in [0.5, 0.6) is 0 Å². The molecule has 1 aromatic rings. The van der Waals surface area contributed by atoms with E-state index in [1.54, 1.807) is 13.2 Å². The van der Waals surface area contributed by atoms with Crippen molar-refractivity contribution in [3.63, 3.8) is 0 Å². The van der Waals surface area contributed by atoms with E-state index in [4.69, 9.17) is 10.5 Å². The maximum atomic E-state index is 13.3. The van der Waals surface area contributed by atoms with Gasteiger partial charge in [0.15, 0.2) is 0 Å². The predicted octanol–water partition coefficient (Wildman–Crippen LogP) is 2.26. The summed E-state index contributed by atoms with van der Waals surface area (Å²) in [7, 11) is 1.69. The molecule has 0 aliphatic carbocycles. The van der Waals surface area contributed by atoms with Gasteiger partial charge >= 0.3 is 0 Å². The van der Waals surface area contributed by atoms with E-state index in [1.807, 2.05) is 6.07 Å². The molecular formula is C13H21FN2O. The van der Waals surface area contributed by atoms with Crippen LogP contribution in [0.25, 0.3) is 0 Å². The summed E-state index contributed by atoms with van der Waals surface area (Å²) in [5, 5.41) is 0. The minimum absolute atomic E-state index is 0.196. The topological polar surface area (TPSA) is 38.5 Å². The molecule has 0 spiro atoms. The first kappa shape index (κ1) is 13.9. The summed E-state index contributed by atoms with van der Waals surface area (Å²) in [6.07, 6.45) is 0. The van der Waals surface area contributed by atoms with E-state index in [0.29, 0.717) is 19.2 Å². The van der Waals surface area contributed by atoms with Crippen molar-refractivity contribution in [2.45, 2.75) is 26.4 Å². The molecule has 0 fully saturated rings. The van der Waals surface area contributed by atoms with Gasteiger partial charge in [-0.3, -0.25) is 4.90 Å². The summed E-state index contributed by atoms with van der Waals surface area (Å²) in [6, 6.07) is 5.28. The maximum absolute atomic E-state index is 13.3. The Morgan fingerprint density at radius 1 is 1.47 bits per heavy atom. The number of rotatable bonds is 6. The predicted molar refractivity (Wildman–Crippen MR) is 68.2 cm³/mol. The lowest BCUT2D eigenvalue weighted by Crippen LogP contribution is -2.35. The van der Waals surface area contributed by atoms with E-state index in [0.717, 1.165) is 12.1 Å². The van der Waals surface area contributed by atoms with Crippen molar-refractivity contribution >= 4 is 5.69 Å². The molecule has 1 rings (SSSR count). The number of halogens is 1. The third-order valence-electron chi connectivity index (χ3n) is 2.89. The molecule has 4 heteroatoms. The lowest BCUT2D eigenvalue weighted by atomic mass is 10.1. The van der Waals surface area contributed by atoms with Crippen molar-refractivity contribution in [3.05, 3.63) is 29.6 Å². The number of anilines is 1. The van der Waals surface area contributed by atoms with Crippen LogP contribution in [-0.2, 0) is 11.3 Å². The number of ether oxygens (including phenoxy) is 1. The molecule has 0 saturated carbocycles. The highest BCUT2D eigenvalue weighted by molar-refractivity contribution is 5.41. The Bertz CT molecular complexity index is 357. The molecule has 2 N–H and O–H groups in total. The molecule has 3 nitrogen and oxygen atoms in total. The minimum atomic E-state index is -0.349. The zero-order valence-corrected chi connectivity index (χ0v) is 10.7. The van der Waals surface area contributed by atoms with Gasteiger partial charge in [-0.05, 0) is 31.2 Å². The summed E-state index contributed by atoms with van der Waals surface area (Å²) >= 11 is 0. The standard InChI is InChI=1S/C13H21FN2O/c1-4-16(10(2)9-17-3)8-11-5-6-13(15)12(14)7-11/h5-7,10H,4,8-9,15H2,1-3H3. The Kier molecular flexibility index (Phi) is 5.38. The number of hydrogen-bond acceptors (Lipinski definition) is 3. The number of benzene rings is 1. The summed E-state index contributed by atoms with van der Waals surface area (Å²) in [6.45, 7) is 6.46. The Hall–Kier alpha value is -1.13. The van der Waals surface area contributed by atoms with Crippen LogP contribution in [0.15, 0.2) is 18.2 Å². The Morgan fingerprint density at radius 3 is 2.71 bits per heavy atom. The van der Waals surface area contributed by atoms with Gasteiger partial charge in [-0.15, -0.1) is 0 Å². The van der Waals surface area contributed by atoms with Crippen LogP contribution in [0.4, 0.5) is 10.1 Å². The molecule has 1 atom stereocenters. The molecule has 0 aliphatic heterocycles. The van der Waals surface area contributed by atoms with Crippen LogP contribution < -0.4 is 5.73 Å². The molecule has 0 radical (unpaired) electrons. The number of likely N-dealkylation sites (N-methyl/N-ethyl adjacent to an activating group) is 1. The molecule has 1 aromatic carbocycles. The molecule has 96 valence electrons. The van der Waals surface area contributed by atoms with Crippen molar-refractivity contribution in [2.24, 2.45) is 0 Å². The molecule has 0 amide bonds. The van der Waals surface area contributed by atoms with Crippen molar-refractivity contribution in [1.82, 2.24) is 4.90 Å². The van der Waals surface area contributed by atoms with Crippen molar-refractivity contribution in [2.75, 3.05) is 26.0 Å². The highest BCUT2D eigenvalue weighted by Gasteiger charge is 2.12. The SMILES string of the molecule is CCN(Cc1ccc(N)c(F)c1)C(C)COC. The third-order valence-corrected chi connectivity index (χ3v) is 2.89. The van der Waals surface area contributed by atoms with Gasteiger partial charge in [0, 0.05) is 19.7 Å². The van der Waals surface area contributed by atoms with E-state index in [2.05, 4.69) is 18.7 Å². The van der Waals surface area contributed by atoms with Gasteiger partial charge in [-0.25, -0.2) is 4.39 Å². The fraction of sp³-hybridized carbons (Fsp3) is 0.538. The first-order valence-electron chi connectivity index (χ1n) is 5.85. The van der Waals surface area contributed by atoms with Crippen LogP contribution in [-0.4, -0.2) is 31.2 Å². The normalized spacial score (nSPS) is 13.0. The average molecular weight is 240 g/mol. The van der Waals surface area contributed by atoms with E-state index >= 15 is 0 Å². The van der Waals surface area contributed by atoms with Crippen LogP contribution in [0.2, 0.25) is 0 Å². The van der Waals surface area contributed by atoms with Crippen molar-refractivity contribution in [1.29, 1.82) is 0 Å². The number of nitrogen functional groups attached to an aromatic ring is 1. The van der Waals surface area contributed by atoms with Gasteiger partial charge in [-0.2, -0.15) is 0 Å². The number of nitrogens with zero attached hydrogens (tertiary/aromatic N) is 1. The second-order valence-corrected chi connectivity index (χ2v) is 4.22. The second-order valence-electron chi connectivity index (χ2n) is 4.22. The van der Waals surface area contributed by atoms with Crippen LogP contribution in [0.3, 0.4) is 0 Å². The van der Waals surface area contributed by atoms with Gasteiger partial charge < -0.3 is 10.5 Å². The smallest absolute Gasteiger partial charge is 0.146 e. The first-order chi connectivity index (χ1) is 8.08. The number of methoxy groups -OCH3 is 1. The van der Waals surface area contributed by atoms with Crippen molar-refractivity contribution in [3.8, 4) is 0 Å². The molecule has 0 saturated heterocycles. The third kappa shape index (κ3) is 3.98. The number of nitrogens with two attached hydrogens (primary N) is 1. The molecule has 0 bridgehead atoms. The fourth-order valence-corrected chi connectivity index (χ4v) is 1.83. The van der Waals surface area contributed by atoms with E-state index < -0.39 is 0 Å². The van der Waals surface area contributed by atoms with Gasteiger partial charge in [-0.1, -0.05) is 13.0 Å². The average Bonchev–Trinajstić information content (AvgIpc) is 2.30. The van der Waals surface area contributed by atoms with Gasteiger partial charge in [0.2, 0.25) is 0 Å². The second kappa shape index (κ2) is 6.57. The molecular weight excluding hydrogens is 219 g/mol. The highest BCUT2D eigenvalue weighted by atomic mass is 19.1. The van der Waals surface area contributed by atoms with E-state index in [9.17, 15) is 4.39 Å². The number of hydrogen-bond donors (Lipinski definition) is 1. The first-order valence-corrected chi connectivity index (χ1v) is 5.85. The lowest BCUT2D eigenvalue weighted by molar-refractivity contribution is 0.0981. The minimum Gasteiger partial charge on any atom is -0.396 e. The Labute approximate surface area is 102 Å². The van der Waals surface area contributed by atoms with Crippen molar-refractivity contribution < 1.29 is 9.13 Å². The zero-order valence-electron chi connectivity index (χ0n) is 10.7. The largest absolute Gasteiger partial charge is 0.396 e. The Balaban J connectivity index is 2.70. The summed E-state index contributed by atoms with van der Waals surface area (Å²) in [5.41, 5.74) is 6.58. The summed E-state index contributed by atoms with van der Waals surface area (Å²) < 4.78 is 18.4. The lowest BCUT2D eigenvalue weighted by Gasteiger charge is -2.27.